The molecule has 0 unspecified atom stereocenters. The fourth-order valence-electron chi connectivity index (χ4n) is 3.80. The molecule has 0 aliphatic rings. The molecule has 0 radical (unpaired) electrons. The van der Waals surface area contributed by atoms with Crippen molar-refractivity contribution in [3.05, 3.63) is 101 Å². The van der Waals surface area contributed by atoms with Crippen molar-refractivity contribution >= 4 is 28.9 Å². The van der Waals surface area contributed by atoms with Gasteiger partial charge in [-0.3, -0.25) is 4.79 Å². The Balaban J connectivity index is 1.39. The molecule has 0 atom stereocenters. The lowest BCUT2D eigenvalue weighted by atomic mass is 10.1. The SMILES string of the molecule is COc1ccc(/C=N\NC(=O)c2cc3ccccc3cc2O)cc1COc1ccc(C(=O)OCC(C)C)cc1. The third-order valence-electron chi connectivity index (χ3n) is 5.82. The molecule has 200 valence electrons. The molecule has 0 aliphatic heterocycles. The summed E-state index contributed by atoms with van der Waals surface area (Å²) in [4.78, 5) is 24.7. The molecular weight excluding hydrogens is 496 g/mol. The minimum absolute atomic E-state index is 0.120. The Kier molecular flexibility index (Phi) is 8.78. The van der Waals surface area contributed by atoms with Crippen LogP contribution in [0.1, 0.15) is 45.7 Å². The summed E-state index contributed by atoms with van der Waals surface area (Å²) in [5, 5.41) is 16.0. The van der Waals surface area contributed by atoms with Gasteiger partial charge in [0.1, 0.15) is 23.9 Å². The average molecular weight is 527 g/mol. The predicted octanol–water partition coefficient (Wildman–Crippen LogP) is 5.71. The van der Waals surface area contributed by atoms with E-state index in [-0.39, 0.29) is 29.8 Å². The molecular formula is C31H30N2O6. The van der Waals surface area contributed by atoms with Crippen LogP contribution in [0.2, 0.25) is 0 Å². The van der Waals surface area contributed by atoms with Crippen LogP contribution in [0.15, 0.2) is 84.0 Å². The van der Waals surface area contributed by atoms with Crippen molar-refractivity contribution in [2.75, 3.05) is 13.7 Å². The van der Waals surface area contributed by atoms with E-state index in [1.54, 1.807) is 55.6 Å². The molecule has 0 heterocycles. The summed E-state index contributed by atoms with van der Waals surface area (Å²) in [5.74, 6) is 0.465. The predicted molar refractivity (Wildman–Crippen MR) is 150 cm³/mol. The summed E-state index contributed by atoms with van der Waals surface area (Å²) in [6, 6.07) is 22.8. The third kappa shape index (κ3) is 7.13. The van der Waals surface area contributed by atoms with Gasteiger partial charge in [-0.2, -0.15) is 5.10 Å². The molecule has 8 nitrogen and oxygen atoms in total. The van der Waals surface area contributed by atoms with Crippen LogP contribution in [0.3, 0.4) is 0 Å². The van der Waals surface area contributed by atoms with Crippen LogP contribution >= 0.6 is 0 Å². The first-order valence-electron chi connectivity index (χ1n) is 12.5. The summed E-state index contributed by atoms with van der Waals surface area (Å²) >= 11 is 0. The zero-order valence-corrected chi connectivity index (χ0v) is 22.0. The van der Waals surface area contributed by atoms with Crippen LogP contribution in [0.25, 0.3) is 10.8 Å². The number of nitrogens with one attached hydrogen (secondary N) is 1. The van der Waals surface area contributed by atoms with Crippen molar-refractivity contribution in [2.45, 2.75) is 20.5 Å². The first-order chi connectivity index (χ1) is 18.8. The highest BCUT2D eigenvalue weighted by Crippen LogP contribution is 2.25. The fraction of sp³-hybridized carbons (Fsp3) is 0.194. The molecule has 0 aliphatic carbocycles. The number of carbonyl (C=O) groups is 2. The Hall–Kier alpha value is -4.85. The summed E-state index contributed by atoms with van der Waals surface area (Å²) in [5.41, 5.74) is 4.52. The number of hydrazone groups is 1. The van der Waals surface area contributed by atoms with E-state index in [2.05, 4.69) is 10.5 Å². The van der Waals surface area contributed by atoms with Gasteiger partial charge in [-0.1, -0.05) is 38.1 Å². The molecule has 0 saturated carbocycles. The molecule has 39 heavy (non-hydrogen) atoms. The number of nitrogens with zero attached hydrogens (tertiary/aromatic N) is 1. The number of carbonyl (C=O) groups excluding carboxylic acids is 2. The van der Waals surface area contributed by atoms with Crippen LogP contribution in [0.4, 0.5) is 0 Å². The van der Waals surface area contributed by atoms with E-state index in [4.69, 9.17) is 14.2 Å². The minimum atomic E-state index is -0.525. The Labute approximate surface area is 226 Å². The van der Waals surface area contributed by atoms with Crippen LogP contribution in [-0.4, -0.2) is 36.9 Å². The van der Waals surface area contributed by atoms with Gasteiger partial charge in [0.2, 0.25) is 0 Å². The van der Waals surface area contributed by atoms with Crippen LogP contribution in [-0.2, 0) is 11.3 Å². The number of phenolic OH excluding ortho intramolecular Hbond substituents is 1. The second-order valence-electron chi connectivity index (χ2n) is 9.29. The first kappa shape index (κ1) is 27.2. The number of hydrogen-bond acceptors (Lipinski definition) is 7. The third-order valence-corrected chi connectivity index (χ3v) is 5.82. The number of phenols is 1. The summed E-state index contributed by atoms with van der Waals surface area (Å²) in [6.45, 7) is 4.53. The van der Waals surface area contributed by atoms with Crippen molar-refractivity contribution in [1.29, 1.82) is 0 Å². The molecule has 0 saturated heterocycles. The number of hydrogen-bond donors (Lipinski definition) is 2. The highest BCUT2D eigenvalue weighted by Gasteiger charge is 2.12. The van der Waals surface area contributed by atoms with Crippen molar-refractivity contribution in [3.8, 4) is 17.2 Å². The number of aromatic hydroxyl groups is 1. The number of fused-ring (bicyclic) bond motifs is 1. The normalized spacial score (nSPS) is 11.1. The lowest BCUT2D eigenvalue weighted by Crippen LogP contribution is -2.17. The van der Waals surface area contributed by atoms with Gasteiger partial charge < -0.3 is 19.3 Å². The molecule has 1 amide bonds. The van der Waals surface area contributed by atoms with Crippen molar-refractivity contribution in [3.63, 3.8) is 0 Å². The Morgan fingerprint density at radius 3 is 2.38 bits per heavy atom. The number of esters is 1. The number of ether oxygens (including phenoxy) is 3. The maximum atomic E-state index is 12.6. The quantitative estimate of drug-likeness (QED) is 0.156. The summed E-state index contributed by atoms with van der Waals surface area (Å²) < 4.78 is 16.6. The van der Waals surface area contributed by atoms with E-state index >= 15 is 0 Å². The number of rotatable bonds is 10. The topological polar surface area (TPSA) is 106 Å². The van der Waals surface area contributed by atoms with E-state index in [1.165, 1.54) is 6.21 Å². The fourth-order valence-corrected chi connectivity index (χ4v) is 3.80. The maximum Gasteiger partial charge on any atom is 0.338 e. The monoisotopic (exact) mass is 526 g/mol. The van der Waals surface area contributed by atoms with Crippen molar-refractivity contribution < 1.29 is 28.9 Å². The molecule has 4 aromatic carbocycles. The molecule has 0 bridgehead atoms. The van der Waals surface area contributed by atoms with Gasteiger partial charge in [-0.05, 0) is 76.9 Å². The Morgan fingerprint density at radius 1 is 0.974 bits per heavy atom. The van der Waals surface area contributed by atoms with Gasteiger partial charge >= 0.3 is 5.97 Å². The second-order valence-corrected chi connectivity index (χ2v) is 9.29. The van der Waals surface area contributed by atoms with Gasteiger partial charge in [0.15, 0.2) is 0 Å². The standard InChI is InChI=1S/C31H30N2O6/c1-20(2)18-39-31(36)22-9-11-26(12-10-22)38-19-25-14-21(8-13-29(25)37-3)17-32-33-30(35)27-15-23-6-4-5-7-24(23)16-28(27)34/h4-17,20,34H,18-19H2,1-3H3,(H,33,35)/b32-17-. The molecule has 8 heteroatoms. The van der Waals surface area contributed by atoms with E-state index in [0.717, 1.165) is 16.3 Å². The van der Waals surface area contributed by atoms with Gasteiger partial charge in [-0.25, -0.2) is 10.2 Å². The summed E-state index contributed by atoms with van der Waals surface area (Å²) in [6.07, 6.45) is 1.50. The molecule has 2 N–H and O–H groups in total. The van der Waals surface area contributed by atoms with Crippen LogP contribution in [0, 0.1) is 5.92 Å². The highest BCUT2D eigenvalue weighted by atomic mass is 16.5. The number of amides is 1. The zero-order valence-electron chi connectivity index (χ0n) is 22.0. The van der Waals surface area contributed by atoms with Crippen molar-refractivity contribution in [1.82, 2.24) is 5.43 Å². The minimum Gasteiger partial charge on any atom is -0.507 e. The lowest BCUT2D eigenvalue weighted by molar-refractivity contribution is 0.0458. The van der Waals surface area contributed by atoms with Crippen LogP contribution < -0.4 is 14.9 Å². The van der Waals surface area contributed by atoms with E-state index in [9.17, 15) is 14.7 Å². The molecule has 0 aromatic heterocycles. The van der Waals surface area contributed by atoms with E-state index in [0.29, 0.717) is 29.2 Å². The average Bonchev–Trinajstić information content (AvgIpc) is 2.94. The second kappa shape index (κ2) is 12.6. The number of methoxy groups -OCH3 is 1. The smallest absolute Gasteiger partial charge is 0.338 e. The van der Waals surface area contributed by atoms with Gasteiger partial charge in [0.05, 0.1) is 31.1 Å². The van der Waals surface area contributed by atoms with E-state index in [1.807, 2.05) is 44.2 Å². The van der Waals surface area contributed by atoms with Gasteiger partial charge in [0, 0.05) is 5.56 Å². The number of benzene rings is 4. The Bertz CT molecular complexity index is 1500. The molecule has 4 aromatic rings. The molecule has 0 spiro atoms. The molecule has 4 rings (SSSR count). The largest absolute Gasteiger partial charge is 0.507 e. The first-order valence-corrected chi connectivity index (χ1v) is 12.5. The lowest BCUT2D eigenvalue weighted by Gasteiger charge is -2.12. The summed E-state index contributed by atoms with van der Waals surface area (Å²) in [7, 11) is 1.57. The van der Waals surface area contributed by atoms with Gasteiger partial charge in [0.25, 0.3) is 5.91 Å². The Morgan fingerprint density at radius 2 is 1.69 bits per heavy atom. The maximum absolute atomic E-state index is 12.6. The van der Waals surface area contributed by atoms with Crippen molar-refractivity contribution in [2.24, 2.45) is 11.0 Å². The zero-order chi connectivity index (χ0) is 27.8. The van der Waals surface area contributed by atoms with Gasteiger partial charge in [-0.15, -0.1) is 0 Å². The molecule has 0 fully saturated rings. The van der Waals surface area contributed by atoms with E-state index < -0.39 is 5.91 Å². The van der Waals surface area contributed by atoms with Crippen LogP contribution in [0.5, 0.6) is 17.2 Å². The highest BCUT2D eigenvalue weighted by molar-refractivity contribution is 6.01.